The van der Waals surface area contributed by atoms with E-state index in [1.807, 2.05) is 18.2 Å². The number of thiazole rings is 1. The van der Waals surface area contributed by atoms with Crippen LogP contribution >= 0.6 is 11.3 Å². The summed E-state index contributed by atoms with van der Waals surface area (Å²) in [5.41, 5.74) is 1.84. The number of hydrogen-bond acceptors (Lipinski definition) is 8. The molecule has 148 valence electrons. The van der Waals surface area contributed by atoms with Crippen LogP contribution in [-0.2, 0) is 20.7 Å². The van der Waals surface area contributed by atoms with Gasteiger partial charge in [0.2, 0.25) is 5.91 Å². The summed E-state index contributed by atoms with van der Waals surface area (Å²) >= 11 is 1.39. The summed E-state index contributed by atoms with van der Waals surface area (Å²) < 4.78 is 9.37. The summed E-state index contributed by atoms with van der Waals surface area (Å²) in [6.07, 6.45) is 1.70. The molecule has 8 nitrogen and oxygen atoms in total. The lowest BCUT2D eigenvalue weighted by Gasteiger charge is -2.09. The van der Waals surface area contributed by atoms with Crippen LogP contribution in [0.2, 0.25) is 0 Å². The number of ether oxygens (including phenoxy) is 2. The molecule has 0 atom stereocenters. The minimum atomic E-state index is -0.634. The van der Waals surface area contributed by atoms with Crippen molar-refractivity contribution in [3.8, 4) is 10.7 Å². The number of amides is 1. The van der Waals surface area contributed by atoms with E-state index >= 15 is 0 Å². The molecule has 0 aliphatic rings. The van der Waals surface area contributed by atoms with E-state index in [9.17, 15) is 14.4 Å². The van der Waals surface area contributed by atoms with Gasteiger partial charge in [-0.15, -0.1) is 11.3 Å². The van der Waals surface area contributed by atoms with Crippen LogP contribution in [0.15, 0.2) is 48.0 Å². The third kappa shape index (κ3) is 5.02. The van der Waals surface area contributed by atoms with Crippen LogP contribution in [0.25, 0.3) is 10.7 Å². The Kier molecular flexibility index (Phi) is 6.30. The number of carbonyl (C=O) groups excluding carboxylic acids is 3. The molecule has 3 aromatic rings. The van der Waals surface area contributed by atoms with E-state index < -0.39 is 11.9 Å². The molecule has 0 saturated heterocycles. The summed E-state index contributed by atoms with van der Waals surface area (Å²) in [5.74, 6) is -1.61. The number of pyridine rings is 1. The van der Waals surface area contributed by atoms with Crippen LogP contribution < -0.4 is 5.32 Å². The molecule has 9 heteroatoms. The normalized spacial score (nSPS) is 10.3. The van der Waals surface area contributed by atoms with E-state index in [0.717, 1.165) is 5.69 Å². The van der Waals surface area contributed by atoms with Crippen molar-refractivity contribution < 1.29 is 23.9 Å². The van der Waals surface area contributed by atoms with E-state index in [4.69, 9.17) is 0 Å². The monoisotopic (exact) mass is 411 g/mol. The first-order valence-corrected chi connectivity index (χ1v) is 9.35. The van der Waals surface area contributed by atoms with Gasteiger partial charge in [0.1, 0.15) is 5.01 Å². The molecule has 0 bridgehead atoms. The molecule has 29 heavy (non-hydrogen) atoms. The third-order valence-corrected chi connectivity index (χ3v) is 4.75. The highest BCUT2D eigenvalue weighted by Crippen LogP contribution is 2.22. The Morgan fingerprint density at radius 3 is 2.31 bits per heavy atom. The lowest BCUT2D eigenvalue weighted by atomic mass is 10.1. The maximum absolute atomic E-state index is 12.4. The number of carbonyl (C=O) groups is 3. The lowest BCUT2D eigenvalue weighted by Crippen LogP contribution is -2.16. The van der Waals surface area contributed by atoms with Crippen LogP contribution in [0.3, 0.4) is 0 Å². The van der Waals surface area contributed by atoms with Crippen LogP contribution in [0.4, 0.5) is 5.69 Å². The predicted octanol–water partition coefficient (Wildman–Crippen LogP) is 2.96. The van der Waals surface area contributed by atoms with E-state index in [1.54, 1.807) is 11.6 Å². The fourth-order valence-electron chi connectivity index (χ4n) is 2.54. The SMILES string of the molecule is COC(=O)c1cc(NC(=O)Cc2csc(-c3ccccn3)n2)cc(C(=O)OC)c1. The van der Waals surface area contributed by atoms with Crippen LogP contribution in [0.5, 0.6) is 0 Å². The molecule has 0 aliphatic heterocycles. The maximum atomic E-state index is 12.4. The van der Waals surface area contributed by atoms with Gasteiger partial charge >= 0.3 is 11.9 Å². The molecule has 0 spiro atoms. The summed E-state index contributed by atoms with van der Waals surface area (Å²) in [5, 5.41) is 5.18. The average molecular weight is 411 g/mol. The van der Waals surface area contributed by atoms with Crippen LogP contribution in [0.1, 0.15) is 26.4 Å². The summed E-state index contributed by atoms with van der Waals surface area (Å²) in [7, 11) is 2.46. The van der Waals surface area contributed by atoms with Crippen molar-refractivity contribution in [2.45, 2.75) is 6.42 Å². The van der Waals surface area contributed by atoms with Gasteiger partial charge in [0.05, 0.1) is 43.2 Å². The number of aromatic nitrogens is 2. The largest absolute Gasteiger partial charge is 0.465 e. The van der Waals surface area contributed by atoms with Crippen molar-refractivity contribution >= 4 is 34.9 Å². The number of nitrogens with one attached hydrogen (secondary N) is 1. The highest BCUT2D eigenvalue weighted by molar-refractivity contribution is 7.13. The molecule has 2 heterocycles. The van der Waals surface area contributed by atoms with E-state index in [0.29, 0.717) is 10.7 Å². The van der Waals surface area contributed by atoms with Gasteiger partial charge in [0.15, 0.2) is 0 Å². The zero-order valence-electron chi connectivity index (χ0n) is 15.7. The summed E-state index contributed by atoms with van der Waals surface area (Å²) in [4.78, 5) is 44.8. The molecule has 1 aromatic carbocycles. The Bertz CT molecular complexity index is 1020. The van der Waals surface area contributed by atoms with Crippen molar-refractivity contribution in [2.24, 2.45) is 0 Å². The molecular weight excluding hydrogens is 394 g/mol. The van der Waals surface area contributed by atoms with E-state index in [2.05, 4.69) is 24.8 Å². The first-order valence-electron chi connectivity index (χ1n) is 8.47. The van der Waals surface area contributed by atoms with Crippen LogP contribution in [0, 0.1) is 0 Å². The Morgan fingerprint density at radius 1 is 1.03 bits per heavy atom. The second kappa shape index (κ2) is 9.07. The number of nitrogens with zero attached hydrogens (tertiary/aromatic N) is 2. The Morgan fingerprint density at radius 2 is 1.72 bits per heavy atom. The quantitative estimate of drug-likeness (QED) is 0.621. The molecule has 0 radical (unpaired) electrons. The van der Waals surface area contributed by atoms with Gasteiger partial charge in [-0.3, -0.25) is 9.78 Å². The lowest BCUT2D eigenvalue weighted by molar-refractivity contribution is -0.115. The number of rotatable bonds is 6. The number of benzene rings is 1. The second-order valence-corrected chi connectivity index (χ2v) is 6.72. The molecule has 0 unspecified atom stereocenters. The van der Waals surface area contributed by atoms with Gasteiger partial charge in [-0.05, 0) is 30.3 Å². The van der Waals surface area contributed by atoms with Gasteiger partial charge in [-0.2, -0.15) is 0 Å². The molecule has 1 N–H and O–H groups in total. The van der Waals surface area contributed by atoms with Gasteiger partial charge in [-0.1, -0.05) is 6.07 Å². The fourth-order valence-corrected chi connectivity index (χ4v) is 3.33. The number of methoxy groups -OCH3 is 2. The first kappa shape index (κ1) is 20.2. The van der Waals surface area contributed by atoms with Crippen molar-refractivity contribution in [3.05, 3.63) is 64.8 Å². The molecule has 3 rings (SSSR count). The molecule has 2 aromatic heterocycles. The smallest absolute Gasteiger partial charge is 0.337 e. The van der Waals surface area contributed by atoms with Gasteiger partial charge in [0.25, 0.3) is 0 Å². The molecular formula is C20H17N3O5S. The standard InChI is InChI=1S/C20H17N3O5S/c1-27-19(25)12-7-13(20(26)28-2)9-14(8-12)22-17(24)10-15-11-29-18(23-15)16-5-3-4-6-21-16/h3-9,11H,10H2,1-2H3,(H,22,24). The minimum absolute atomic E-state index is 0.0271. The Hall–Kier alpha value is -3.59. The average Bonchev–Trinajstić information content (AvgIpc) is 3.21. The third-order valence-electron chi connectivity index (χ3n) is 3.84. The van der Waals surface area contributed by atoms with Gasteiger partial charge < -0.3 is 14.8 Å². The zero-order chi connectivity index (χ0) is 20.8. The molecule has 0 fully saturated rings. The Labute approximate surface area is 170 Å². The zero-order valence-corrected chi connectivity index (χ0v) is 16.5. The number of hydrogen-bond donors (Lipinski definition) is 1. The summed E-state index contributed by atoms with van der Waals surface area (Å²) in [6.45, 7) is 0. The molecule has 0 saturated carbocycles. The van der Waals surface area contributed by atoms with Crippen molar-refractivity contribution in [3.63, 3.8) is 0 Å². The number of anilines is 1. The minimum Gasteiger partial charge on any atom is -0.465 e. The van der Waals surface area contributed by atoms with E-state index in [1.165, 1.54) is 43.8 Å². The highest BCUT2D eigenvalue weighted by atomic mass is 32.1. The van der Waals surface area contributed by atoms with Crippen molar-refractivity contribution in [2.75, 3.05) is 19.5 Å². The molecule has 0 aliphatic carbocycles. The van der Waals surface area contributed by atoms with E-state index in [-0.39, 0.29) is 29.1 Å². The topological polar surface area (TPSA) is 107 Å². The fraction of sp³-hybridized carbons (Fsp3) is 0.150. The Balaban J connectivity index is 1.75. The van der Waals surface area contributed by atoms with Gasteiger partial charge in [-0.25, -0.2) is 14.6 Å². The highest BCUT2D eigenvalue weighted by Gasteiger charge is 2.16. The van der Waals surface area contributed by atoms with Gasteiger partial charge in [0, 0.05) is 17.3 Å². The van der Waals surface area contributed by atoms with Crippen molar-refractivity contribution in [1.82, 2.24) is 9.97 Å². The predicted molar refractivity (Wildman–Crippen MR) is 107 cm³/mol. The molecule has 1 amide bonds. The van der Waals surface area contributed by atoms with Crippen LogP contribution in [-0.4, -0.2) is 42.0 Å². The first-order chi connectivity index (χ1) is 14.0. The second-order valence-electron chi connectivity index (χ2n) is 5.87. The summed E-state index contributed by atoms with van der Waals surface area (Å²) in [6, 6.07) is 9.72. The number of esters is 2. The maximum Gasteiger partial charge on any atom is 0.337 e. The van der Waals surface area contributed by atoms with Crippen molar-refractivity contribution in [1.29, 1.82) is 0 Å².